The average molecular weight is 415 g/mol. The zero-order valence-electron chi connectivity index (χ0n) is 18.4. The van der Waals surface area contributed by atoms with E-state index in [0.717, 1.165) is 68.6 Å². The molecule has 7 heteroatoms. The SMILES string of the molecule is CCCCOC(=O)N1CCC(c2ccnc3[nH]c([C@@H]4CCC(C)(C)OC4)nc23)CC1. The molecule has 0 aliphatic carbocycles. The minimum absolute atomic E-state index is 0.0441. The summed E-state index contributed by atoms with van der Waals surface area (Å²) < 4.78 is 11.4. The van der Waals surface area contributed by atoms with E-state index in [0.29, 0.717) is 25.0 Å². The van der Waals surface area contributed by atoms with E-state index in [4.69, 9.17) is 14.5 Å². The van der Waals surface area contributed by atoms with Crippen molar-refractivity contribution >= 4 is 17.3 Å². The first kappa shape index (κ1) is 21.1. The van der Waals surface area contributed by atoms with Gasteiger partial charge in [-0.2, -0.15) is 0 Å². The lowest BCUT2D eigenvalue weighted by molar-refractivity contribution is -0.0620. The van der Waals surface area contributed by atoms with Crippen LogP contribution in [0.2, 0.25) is 0 Å². The van der Waals surface area contributed by atoms with E-state index in [1.54, 1.807) is 0 Å². The molecule has 30 heavy (non-hydrogen) atoms. The maximum atomic E-state index is 12.2. The largest absolute Gasteiger partial charge is 0.449 e. The third-order valence-electron chi connectivity index (χ3n) is 6.51. The number of unbranched alkanes of at least 4 members (excludes halogenated alkanes) is 1. The molecule has 0 saturated carbocycles. The van der Waals surface area contributed by atoms with Crippen molar-refractivity contribution in [1.29, 1.82) is 0 Å². The number of aromatic amines is 1. The molecular formula is C23H34N4O3. The van der Waals surface area contributed by atoms with Crippen molar-refractivity contribution < 1.29 is 14.3 Å². The molecule has 1 amide bonds. The number of fused-ring (bicyclic) bond motifs is 1. The number of piperidine rings is 1. The summed E-state index contributed by atoms with van der Waals surface area (Å²) in [5.41, 5.74) is 3.02. The fourth-order valence-electron chi connectivity index (χ4n) is 4.46. The fourth-order valence-corrected chi connectivity index (χ4v) is 4.46. The molecule has 2 aliphatic heterocycles. The van der Waals surface area contributed by atoms with Crippen molar-refractivity contribution in [3.8, 4) is 0 Å². The molecule has 1 N–H and O–H groups in total. The standard InChI is InChI=1S/C23H34N4O3/c1-4-5-14-29-22(28)27-12-8-16(9-13-27)18-7-11-24-21-19(18)25-20(26-21)17-6-10-23(2,3)30-15-17/h7,11,16-17H,4-6,8-10,12-15H2,1-3H3,(H,24,25,26)/t17-/m1/s1. The maximum Gasteiger partial charge on any atom is 0.409 e. The van der Waals surface area contributed by atoms with Gasteiger partial charge >= 0.3 is 6.09 Å². The van der Waals surface area contributed by atoms with Gasteiger partial charge in [0.15, 0.2) is 5.65 Å². The summed E-state index contributed by atoms with van der Waals surface area (Å²) in [6.07, 6.45) is 7.58. The van der Waals surface area contributed by atoms with Gasteiger partial charge in [0, 0.05) is 25.2 Å². The molecule has 2 saturated heterocycles. The lowest BCUT2D eigenvalue weighted by Gasteiger charge is -2.33. The molecule has 0 bridgehead atoms. The number of carbonyl (C=O) groups excluding carboxylic acids is 1. The number of ether oxygens (including phenoxy) is 2. The highest BCUT2D eigenvalue weighted by Gasteiger charge is 2.31. The number of hydrogen-bond donors (Lipinski definition) is 1. The summed E-state index contributed by atoms with van der Waals surface area (Å²) in [4.78, 5) is 27.0. The van der Waals surface area contributed by atoms with Gasteiger partial charge < -0.3 is 19.4 Å². The number of nitrogens with one attached hydrogen (secondary N) is 1. The zero-order valence-corrected chi connectivity index (χ0v) is 18.4. The Labute approximate surface area is 178 Å². The van der Waals surface area contributed by atoms with Gasteiger partial charge in [0.25, 0.3) is 0 Å². The van der Waals surface area contributed by atoms with E-state index in [-0.39, 0.29) is 11.7 Å². The molecule has 2 aromatic rings. The molecule has 2 fully saturated rings. The van der Waals surface area contributed by atoms with Crippen molar-refractivity contribution in [1.82, 2.24) is 19.9 Å². The second-order valence-electron chi connectivity index (χ2n) is 9.25. The van der Waals surface area contributed by atoms with Crippen LogP contribution < -0.4 is 0 Å². The summed E-state index contributed by atoms with van der Waals surface area (Å²) in [5, 5.41) is 0. The first-order valence-electron chi connectivity index (χ1n) is 11.4. The Hall–Kier alpha value is -2.15. The number of hydrogen-bond acceptors (Lipinski definition) is 5. The Kier molecular flexibility index (Phi) is 6.27. The van der Waals surface area contributed by atoms with E-state index in [2.05, 4.69) is 36.8 Å². The molecule has 0 unspecified atom stereocenters. The van der Waals surface area contributed by atoms with Crippen LogP contribution >= 0.6 is 0 Å². The molecular weight excluding hydrogens is 380 g/mol. The molecule has 7 nitrogen and oxygen atoms in total. The number of likely N-dealkylation sites (tertiary alicyclic amines) is 1. The van der Waals surface area contributed by atoms with Crippen LogP contribution in [0.25, 0.3) is 11.2 Å². The predicted molar refractivity (Wildman–Crippen MR) is 116 cm³/mol. The number of imidazole rings is 1. The normalized spacial score (nSPS) is 22.4. The Balaban J connectivity index is 1.43. The Morgan fingerprint density at radius 2 is 2.10 bits per heavy atom. The second-order valence-corrected chi connectivity index (χ2v) is 9.25. The quantitative estimate of drug-likeness (QED) is 0.715. The van der Waals surface area contributed by atoms with Crippen LogP contribution in [0.1, 0.15) is 82.5 Å². The van der Waals surface area contributed by atoms with Gasteiger partial charge in [-0.25, -0.2) is 14.8 Å². The molecule has 2 aliphatic rings. The van der Waals surface area contributed by atoms with E-state index < -0.39 is 0 Å². The number of aromatic nitrogens is 3. The van der Waals surface area contributed by atoms with E-state index in [1.165, 1.54) is 5.56 Å². The van der Waals surface area contributed by atoms with Crippen molar-refractivity contribution in [3.05, 3.63) is 23.7 Å². The van der Waals surface area contributed by atoms with Gasteiger partial charge in [0.1, 0.15) is 11.3 Å². The summed E-state index contributed by atoms with van der Waals surface area (Å²) in [5.74, 6) is 1.66. The third-order valence-corrected chi connectivity index (χ3v) is 6.51. The Morgan fingerprint density at radius 1 is 1.30 bits per heavy atom. The van der Waals surface area contributed by atoms with Crippen molar-refractivity contribution in [3.63, 3.8) is 0 Å². The minimum Gasteiger partial charge on any atom is -0.449 e. The average Bonchev–Trinajstić information content (AvgIpc) is 3.18. The molecule has 4 heterocycles. The number of pyridine rings is 1. The van der Waals surface area contributed by atoms with E-state index in [1.807, 2.05) is 11.1 Å². The van der Waals surface area contributed by atoms with Crippen LogP contribution in [0, 0.1) is 0 Å². The third kappa shape index (κ3) is 4.61. The maximum absolute atomic E-state index is 12.2. The second kappa shape index (κ2) is 8.92. The summed E-state index contributed by atoms with van der Waals surface area (Å²) in [7, 11) is 0. The highest BCUT2D eigenvalue weighted by Crippen LogP contribution is 2.35. The fraction of sp³-hybridized carbons (Fsp3) is 0.696. The topological polar surface area (TPSA) is 80.3 Å². The van der Waals surface area contributed by atoms with E-state index >= 15 is 0 Å². The predicted octanol–water partition coefficient (Wildman–Crippen LogP) is 4.75. The molecule has 164 valence electrons. The summed E-state index contributed by atoms with van der Waals surface area (Å²) >= 11 is 0. The van der Waals surface area contributed by atoms with Crippen LogP contribution in [-0.2, 0) is 9.47 Å². The van der Waals surface area contributed by atoms with Gasteiger partial charge in [-0.1, -0.05) is 13.3 Å². The monoisotopic (exact) mass is 414 g/mol. The Bertz CT molecular complexity index is 860. The van der Waals surface area contributed by atoms with Crippen molar-refractivity contribution in [2.24, 2.45) is 0 Å². The molecule has 0 aromatic carbocycles. The van der Waals surface area contributed by atoms with Gasteiger partial charge in [-0.05, 0) is 63.5 Å². The summed E-state index contributed by atoms with van der Waals surface area (Å²) in [6.45, 7) is 9.04. The van der Waals surface area contributed by atoms with Crippen molar-refractivity contribution in [2.45, 2.75) is 76.7 Å². The minimum atomic E-state index is -0.177. The van der Waals surface area contributed by atoms with Gasteiger partial charge in [-0.3, -0.25) is 0 Å². The van der Waals surface area contributed by atoms with E-state index in [9.17, 15) is 4.79 Å². The lowest BCUT2D eigenvalue weighted by atomic mass is 9.89. The van der Waals surface area contributed by atoms with Gasteiger partial charge in [0.05, 0.1) is 18.8 Å². The van der Waals surface area contributed by atoms with Crippen LogP contribution in [-0.4, -0.2) is 57.8 Å². The van der Waals surface area contributed by atoms with Crippen LogP contribution in [0.5, 0.6) is 0 Å². The first-order chi connectivity index (χ1) is 14.5. The Morgan fingerprint density at radius 3 is 2.80 bits per heavy atom. The molecule has 0 radical (unpaired) electrons. The molecule has 1 atom stereocenters. The zero-order chi connectivity index (χ0) is 21.1. The summed E-state index contributed by atoms with van der Waals surface area (Å²) in [6, 6.07) is 2.09. The number of rotatable bonds is 5. The number of H-pyrrole nitrogens is 1. The number of amides is 1. The van der Waals surface area contributed by atoms with Crippen molar-refractivity contribution in [2.75, 3.05) is 26.3 Å². The van der Waals surface area contributed by atoms with Gasteiger partial charge in [-0.15, -0.1) is 0 Å². The number of nitrogens with zero attached hydrogens (tertiary/aromatic N) is 3. The first-order valence-corrected chi connectivity index (χ1v) is 11.4. The smallest absolute Gasteiger partial charge is 0.409 e. The van der Waals surface area contributed by atoms with Crippen LogP contribution in [0.4, 0.5) is 4.79 Å². The van der Waals surface area contributed by atoms with Crippen LogP contribution in [0.15, 0.2) is 12.3 Å². The van der Waals surface area contributed by atoms with Crippen LogP contribution in [0.3, 0.4) is 0 Å². The molecule has 2 aromatic heterocycles. The molecule has 0 spiro atoms. The molecule has 4 rings (SSSR count). The highest BCUT2D eigenvalue weighted by atomic mass is 16.6. The number of carbonyl (C=O) groups is 1. The lowest BCUT2D eigenvalue weighted by Crippen LogP contribution is -2.38. The van der Waals surface area contributed by atoms with Gasteiger partial charge in [0.2, 0.25) is 0 Å². The highest BCUT2D eigenvalue weighted by molar-refractivity contribution is 5.75.